The molecule has 0 saturated carbocycles. The molecule has 3 N–H and O–H groups in total. The molecule has 5 nitrogen and oxygen atoms in total. The van der Waals surface area contributed by atoms with E-state index in [9.17, 15) is 9.18 Å². The van der Waals surface area contributed by atoms with Crippen LogP contribution in [-0.2, 0) is 13.1 Å². The maximum Gasteiger partial charge on any atom is 0.251 e. The van der Waals surface area contributed by atoms with Crippen molar-refractivity contribution in [2.75, 3.05) is 13.6 Å². The summed E-state index contributed by atoms with van der Waals surface area (Å²) >= 11 is 0. The number of aryl methyl sites for hydroxylation is 1. The quantitative estimate of drug-likeness (QED) is 0.551. The third kappa shape index (κ3) is 5.58. The molecule has 0 aromatic heterocycles. The van der Waals surface area contributed by atoms with Crippen LogP contribution >= 0.6 is 0 Å². The van der Waals surface area contributed by atoms with E-state index in [4.69, 9.17) is 0 Å². The number of benzene rings is 2. The Kier molecular flexibility index (Phi) is 7.14. The van der Waals surface area contributed by atoms with E-state index in [1.54, 1.807) is 32.2 Å². The number of halogens is 1. The Hall–Kier alpha value is -2.89. The van der Waals surface area contributed by atoms with Crippen LogP contribution in [0.4, 0.5) is 4.39 Å². The van der Waals surface area contributed by atoms with Crippen molar-refractivity contribution >= 4 is 11.9 Å². The number of guanidine groups is 1. The monoisotopic (exact) mass is 356 g/mol. The van der Waals surface area contributed by atoms with E-state index in [1.165, 1.54) is 6.07 Å². The third-order valence-corrected chi connectivity index (χ3v) is 3.93. The summed E-state index contributed by atoms with van der Waals surface area (Å²) in [6, 6.07) is 12.6. The van der Waals surface area contributed by atoms with Crippen LogP contribution in [0.15, 0.2) is 47.5 Å². The molecule has 0 saturated heterocycles. The summed E-state index contributed by atoms with van der Waals surface area (Å²) in [7, 11) is 1.68. The molecule has 0 aliphatic carbocycles. The lowest BCUT2D eigenvalue weighted by molar-refractivity contribution is 0.0956. The van der Waals surface area contributed by atoms with Crippen molar-refractivity contribution in [2.24, 2.45) is 4.99 Å². The van der Waals surface area contributed by atoms with Crippen molar-refractivity contribution in [3.63, 3.8) is 0 Å². The van der Waals surface area contributed by atoms with Crippen molar-refractivity contribution in [2.45, 2.75) is 26.9 Å². The lowest BCUT2D eigenvalue weighted by atomic mass is 10.1. The highest BCUT2D eigenvalue weighted by atomic mass is 19.1. The molecular weight excluding hydrogens is 331 g/mol. The van der Waals surface area contributed by atoms with Gasteiger partial charge in [-0.25, -0.2) is 4.39 Å². The van der Waals surface area contributed by atoms with Crippen molar-refractivity contribution < 1.29 is 9.18 Å². The summed E-state index contributed by atoms with van der Waals surface area (Å²) in [5.41, 5.74) is 3.15. The highest BCUT2D eigenvalue weighted by Gasteiger charge is 2.05. The summed E-state index contributed by atoms with van der Waals surface area (Å²) in [6.45, 7) is 5.28. The first-order valence-corrected chi connectivity index (χ1v) is 8.60. The molecule has 26 heavy (non-hydrogen) atoms. The van der Waals surface area contributed by atoms with E-state index < -0.39 is 0 Å². The summed E-state index contributed by atoms with van der Waals surface area (Å²) < 4.78 is 13.6. The van der Waals surface area contributed by atoms with Gasteiger partial charge in [-0.15, -0.1) is 0 Å². The zero-order valence-corrected chi connectivity index (χ0v) is 15.4. The summed E-state index contributed by atoms with van der Waals surface area (Å²) in [5, 5.41) is 9.13. The molecule has 2 rings (SSSR count). The first kappa shape index (κ1) is 19.4. The molecule has 0 radical (unpaired) electrons. The summed E-state index contributed by atoms with van der Waals surface area (Å²) in [6.07, 6.45) is 0. The van der Waals surface area contributed by atoms with Crippen LogP contribution in [0.2, 0.25) is 0 Å². The molecule has 6 heteroatoms. The number of nitrogens with zero attached hydrogens (tertiary/aromatic N) is 1. The molecule has 0 aliphatic heterocycles. The van der Waals surface area contributed by atoms with Crippen LogP contribution in [0.3, 0.4) is 0 Å². The highest BCUT2D eigenvalue weighted by molar-refractivity contribution is 5.94. The summed E-state index contributed by atoms with van der Waals surface area (Å²) in [5.74, 6) is 0.341. The number of aliphatic imine (C=N–C) groups is 1. The minimum Gasteiger partial charge on any atom is -0.352 e. The Morgan fingerprint density at radius 1 is 1.00 bits per heavy atom. The molecule has 1 amide bonds. The van der Waals surface area contributed by atoms with Gasteiger partial charge in [-0.05, 0) is 48.7 Å². The number of amides is 1. The minimum absolute atomic E-state index is 0.0742. The van der Waals surface area contributed by atoms with Gasteiger partial charge in [0.2, 0.25) is 0 Å². The summed E-state index contributed by atoms with van der Waals surface area (Å²) in [4.78, 5) is 15.9. The Balaban J connectivity index is 1.86. The third-order valence-electron chi connectivity index (χ3n) is 3.93. The predicted octanol–water partition coefficient (Wildman–Crippen LogP) is 2.75. The van der Waals surface area contributed by atoms with Crippen LogP contribution in [0.25, 0.3) is 0 Å². The Morgan fingerprint density at radius 2 is 1.62 bits per heavy atom. The maximum atomic E-state index is 13.6. The Morgan fingerprint density at radius 3 is 2.19 bits per heavy atom. The van der Waals surface area contributed by atoms with Crippen LogP contribution in [-0.4, -0.2) is 25.5 Å². The van der Waals surface area contributed by atoms with Crippen molar-refractivity contribution in [3.05, 3.63) is 70.5 Å². The zero-order valence-electron chi connectivity index (χ0n) is 15.4. The fourth-order valence-electron chi connectivity index (χ4n) is 2.38. The van der Waals surface area contributed by atoms with Crippen LogP contribution < -0.4 is 16.0 Å². The van der Waals surface area contributed by atoms with E-state index in [1.807, 2.05) is 25.1 Å². The largest absolute Gasteiger partial charge is 0.352 e. The van der Waals surface area contributed by atoms with E-state index >= 15 is 0 Å². The molecule has 0 bridgehead atoms. The van der Waals surface area contributed by atoms with Gasteiger partial charge in [0, 0.05) is 32.2 Å². The molecule has 138 valence electrons. The Bertz CT molecular complexity index is 772. The first-order valence-electron chi connectivity index (χ1n) is 8.60. The van der Waals surface area contributed by atoms with Gasteiger partial charge >= 0.3 is 0 Å². The topological polar surface area (TPSA) is 65.5 Å². The highest BCUT2D eigenvalue weighted by Crippen LogP contribution is 2.09. The number of carbonyl (C=O) groups is 1. The fraction of sp³-hybridized carbons (Fsp3) is 0.300. The molecule has 0 heterocycles. The van der Waals surface area contributed by atoms with Gasteiger partial charge in [-0.3, -0.25) is 9.79 Å². The number of rotatable bonds is 6. The van der Waals surface area contributed by atoms with Gasteiger partial charge < -0.3 is 16.0 Å². The van der Waals surface area contributed by atoms with Crippen LogP contribution in [0.1, 0.15) is 34.0 Å². The first-order chi connectivity index (χ1) is 12.5. The fourth-order valence-corrected chi connectivity index (χ4v) is 2.38. The number of hydrogen-bond acceptors (Lipinski definition) is 2. The molecule has 0 unspecified atom stereocenters. The Labute approximate surface area is 153 Å². The van der Waals surface area contributed by atoms with Gasteiger partial charge in [0.25, 0.3) is 5.91 Å². The van der Waals surface area contributed by atoms with Gasteiger partial charge in [0.1, 0.15) is 5.82 Å². The lowest BCUT2D eigenvalue weighted by Crippen LogP contribution is -2.36. The lowest BCUT2D eigenvalue weighted by Gasteiger charge is -2.12. The van der Waals surface area contributed by atoms with Gasteiger partial charge in [-0.1, -0.05) is 24.3 Å². The SMILES string of the molecule is CCNC(=O)c1ccc(CNC(=NC)NCc2ccc(C)c(F)c2)cc1. The second kappa shape index (κ2) is 9.56. The molecular formula is C20H25FN4O. The predicted molar refractivity (Wildman–Crippen MR) is 103 cm³/mol. The normalized spacial score (nSPS) is 11.2. The molecule has 0 aliphatic rings. The number of carbonyl (C=O) groups excluding carboxylic acids is 1. The van der Waals surface area contributed by atoms with Crippen molar-refractivity contribution in [1.82, 2.24) is 16.0 Å². The molecule has 2 aromatic rings. The van der Waals surface area contributed by atoms with Gasteiger partial charge in [0.05, 0.1) is 0 Å². The van der Waals surface area contributed by atoms with E-state index in [0.29, 0.717) is 36.7 Å². The van der Waals surface area contributed by atoms with Crippen LogP contribution in [0.5, 0.6) is 0 Å². The standard InChI is InChI=1S/C20H25FN4O/c1-4-23-19(26)17-9-7-15(8-10-17)12-24-20(22-3)25-13-16-6-5-14(2)18(21)11-16/h5-11H,4,12-13H2,1-3H3,(H,23,26)(H2,22,24,25). The van der Waals surface area contributed by atoms with Crippen LogP contribution in [0, 0.1) is 12.7 Å². The van der Waals surface area contributed by atoms with E-state index in [0.717, 1.165) is 11.1 Å². The van der Waals surface area contributed by atoms with E-state index in [-0.39, 0.29) is 11.7 Å². The van der Waals surface area contributed by atoms with Crippen molar-refractivity contribution in [1.29, 1.82) is 0 Å². The molecule has 0 fully saturated rings. The average Bonchev–Trinajstić information content (AvgIpc) is 2.65. The molecule has 2 aromatic carbocycles. The van der Waals surface area contributed by atoms with E-state index in [2.05, 4.69) is 20.9 Å². The number of hydrogen-bond donors (Lipinski definition) is 3. The number of nitrogens with one attached hydrogen (secondary N) is 3. The smallest absolute Gasteiger partial charge is 0.251 e. The zero-order chi connectivity index (χ0) is 18.9. The average molecular weight is 356 g/mol. The molecule has 0 spiro atoms. The second-order valence-electron chi connectivity index (χ2n) is 5.92. The second-order valence-corrected chi connectivity index (χ2v) is 5.92. The minimum atomic E-state index is -0.209. The van der Waals surface area contributed by atoms with Gasteiger partial charge in [-0.2, -0.15) is 0 Å². The van der Waals surface area contributed by atoms with Crippen molar-refractivity contribution in [3.8, 4) is 0 Å². The van der Waals surface area contributed by atoms with Gasteiger partial charge in [0.15, 0.2) is 5.96 Å². The maximum absolute atomic E-state index is 13.6. The molecule has 0 atom stereocenters.